The summed E-state index contributed by atoms with van der Waals surface area (Å²) >= 11 is 0. The van der Waals surface area contributed by atoms with Crippen molar-refractivity contribution in [3.05, 3.63) is 71.3 Å². The zero-order valence-corrected chi connectivity index (χ0v) is 20.9. The van der Waals surface area contributed by atoms with Crippen LogP contribution in [0.1, 0.15) is 75.8 Å². The fraction of sp³-hybridized carbons (Fsp3) is 0.552. The SMILES string of the molecule is CCOC(=O)CCCCCCCCN1CCC(C(O)(c2cccc(F)c2)c2cccc(F)c2)CC1. The van der Waals surface area contributed by atoms with Crippen molar-refractivity contribution in [2.75, 3.05) is 26.2 Å². The van der Waals surface area contributed by atoms with Gasteiger partial charge in [0.25, 0.3) is 0 Å². The van der Waals surface area contributed by atoms with E-state index in [2.05, 4.69) is 4.90 Å². The van der Waals surface area contributed by atoms with Crippen molar-refractivity contribution in [2.45, 2.75) is 70.3 Å². The molecule has 6 heteroatoms. The minimum Gasteiger partial charge on any atom is -0.466 e. The number of ether oxygens (including phenoxy) is 1. The topological polar surface area (TPSA) is 49.8 Å². The maximum atomic E-state index is 14.0. The molecular formula is C29H39F2NO3. The Balaban J connectivity index is 1.47. The first-order valence-electron chi connectivity index (χ1n) is 13.1. The molecule has 0 unspecified atom stereocenters. The molecule has 0 radical (unpaired) electrons. The zero-order chi connectivity index (χ0) is 25.1. The van der Waals surface area contributed by atoms with Crippen LogP contribution in [0.15, 0.2) is 48.5 Å². The summed E-state index contributed by atoms with van der Waals surface area (Å²) in [6, 6.07) is 12.1. The molecule has 0 aromatic heterocycles. The maximum absolute atomic E-state index is 14.0. The first-order chi connectivity index (χ1) is 16.9. The van der Waals surface area contributed by atoms with Gasteiger partial charge >= 0.3 is 5.97 Å². The van der Waals surface area contributed by atoms with Crippen LogP contribution in [0.3, 0.4) is 0 Å². The van der Waals surface area contributed by atoms with Crippen LogP contribution in [0.4, 0.5) is 8.78 Å². The Morgan fingerprint density at radius 2 is 1.49 bits per heavy atom. The van der Waals surface area contributed by atoms with Crippen LogP contribution in [0, 0.1) is 17.6 Å². The summed E-state index contributed by atoms with van der Waals surface area (Å²) in [5.74, 6) is -1.04. The zero-order valence-electron chi connectivity index (χ0n) is 20.9. The van der Waals surface area contributed by atoms with Crippen molar-refractivity contribution < 1.29 is 23.4 Å². The molecule has 1 saturated heterocycles. The highest BCUT2D eigenvalue weighted by molar-refractivity contribution is 5.69. The van der Waals surface area contributed by atoms with Gasteiger partial charge < -0.3 is 14.7 Å². The minimum atomic E-state index is -1.43. The molecule has 1 heterocycles. The van der Waals surface area contributed by atoms with Crippen LogP contribution in [0.2, 0.25) is 0 Å². The number of aliphatic hydroxyl groups is 1. The highest BCUT2D eigenvalue weighted by Gasteiger charge is 2.42. The van der Waals surface area contributed by atoms with E-state index in [9.17, 15) is 18.7 Å². The third-order valence-electron chi connectivity index (χ3n) is 7.12. The maximum Gasteiger partial charge on any atom is 0.305 e. The Bertz CT molecular complexity index is 882. The summed E-state index contributed by atoms with van der Waals surface area (Å²) in [7, 11) is 0. The standard InChI is InChI=1S/C29H39F2NO3/c1-2-35-28(33)15-7-5-3-4-6-8-18-32-19-16-23(17-20-32)29(34,24-11-9-13-26(30)21-24)25-12-10-14-27(31)22-25/h9-14,21-23,34H,2-8,15-20H2,1H3. The Hall–Kier alpha value is -2.31. The van der Waals surface area contributed by atoms with Crippen LogP contribution in [-0.4, -0.2) is 42.2 Å². The van der Waals surface area contributed by atoms with Crippen molar-refractivity contribution in [3.63, 3.8) is 0 Å². The number of esters is 1. The number of hydrogen-bond acceptors (Lipinski definition) is 4. The number of carbonyl (C=O) groups excluding carboxylic acids is 1. The first-order valence-corrected chi connectivity index (χ1v) is 13.1. The van der Waals surface area contributed by atoms with E-state index >= 15 is 0 Å². The summed E-state index contributed by atoms with van der Waals surface area (Å²) < 4.78 is 33.0. The molecule has 2 aromatic carbocycles. The number of likely N-dealkylation sites (tertiary alicyclic amines) is 1. The number of rotatable bonds is 13. The largest absolute Gasteiger partial charge is 0.466 e. The van der Waals surface area contributed by atoms with Crippen molar-refractivity contribution in [1.29, 1.82) is 0 Å². The van der Waals surface area contributed by atoms with E-state index in [1.807, 2.05) is 6.92 Å². The molecule has 1 fully saturated rings. The van der Waals surface area contributed by atoms with Gasteiger partial charge in [0.2, 0.25) is 0 Å². The Labute approximate surface area is 208 Å². The van der Waals surface area contributed by atoms with Gasteiger partial charge in [-0.2, -0.15) is 0 Å². The molecule has 3 rings (SSSR count). The lowest BCUT2D eigenvalue weighted by atomic mass is 9.72. The van der Waals surface area contributed by atoms with E-state index in [4.69, 9.17) is 4.74 Å². The third kappa shape index (κ3) is 7.84. The van der Waals surface area contributed by atoms with E-state index in [1.54, 1.807) is 24.3 Å². The van der Waals surface area contributed by atoms with Crippen molar-refractivity contribution >= 4 is 5.97 Å². The molecule has 4 nitrogen and oxygen atoms in total. The highest BCUT2D eigenvalue weighted by Crippen LogP contribution is 2.42. The summed E-state index contributed by atoms with van der Waals surface area (Å²) in [5, 5.41) is 11.9. The van der Waals surface area contributed by atoms with Gasteiger partial charge in [-0.3, -0.25) is 4.79 Å². The monoisotopic (exact) mass is 487 g/mol. The molecule has 2 aromatic rings. The van der Waals surface area contributed by atoms with E-state index in [1.165, 1.54) is 24.3 Å². The summed E-state index contributed by atoms with van der Waals surface area (Å²) in [4.78, 5) is 13.8. The second kappa shape index (κ2) is 13.7. The lowest BCUT2D eigenvalue weighted by molar-refractivity contribution is -0.143. The molecular weight excluding hydrogens is 448 g/mol. The quantitative estimate of drug-likeness (QED) is 0.270. The van der Waals surface area contributed by atoms with Crippen LogP contribution in [0.25, 0.3) is 0 Å². The molecule has 192 valence electrons. The third-order valence-corrected chi connectivity index (χ3v) is 7.12. The molecule has 0 bridgehead atoms. The van der Waals surface area contributed by atoms with Crippen molar-refractivity contribution in [2.24, 2.45) is 5.92 Å². The van der Waals surface area contributed by atoms with Crippen LogP contribution < -0.4 is 0 Å². The van der Waals surface area contributed by atoms with Gasteiger partial charge in [0.05, 0.1) is 6.61 Å². The lowest BCUT2D eigenvalue weighted by Crippen LogP contribution is -2.44. The van der Waals surface area contributed by atoms with Gasteiger partial charge in [0.15, 0.2) is 0 Å². The second-order valence-corrected chi connectivity index (χ2v) is 9.58. The van der Waals surface area contributed by atoms with E-state index < -0.39 is 17.2 Å². The number of unbranched alkanes of at least 4 members (excludes halogenated alkanes) is 5. The number of benzene rings is 2. The Morgan fingerprint density at radius 1 is 0.943 bits per heavy atom. The fourth-order valence-electron chi connectivity index (χ4n) is 5.21. The number of hydrogen-bond donors (Lipinski definition) is 1. The highest BCUT2D eigenvalue weighted by atomic mass is 19.1. The Kier molecular flexibility index (Phi) is 10.7. The van der Waals surface area contributed by atoms with Gasteiger partial charge in [0.1, 0.15) is 17.2 Å². The van der Waals surface area contributed by atoms with Gasteiger partial charge in [-0.15, -0.1) is 0 Å². The molecule has 0 saturated carbocycles. The van der Waals surface area contributed by atoms with Crippen LogP contribution in [0.5, 0.6) is 0 Å². The average Bonchev–Trinajstić information content (AvgIpc) is 2.85. The molecule has 0 atom stereocenters. The molecule has 1 N–H and O–H groups in total. The van der Waals surface area contributed by atoms with E-state index in [-0.39, 0.29) is 11.9 Å². The Morgan fingerprint density at radius 3 is 2.03 bits per heavy atom. The number of nitrogens with zero attached hydrogens (tertiary/aromatic N) is 1. The smallest absolute Gasteiger partial charge is 0.305 e. The summed E-state index contributed by atoms with van der Waals surface area (Å²) in [6.07, 6.45) is 8.58. The second-order valence-electron chi connectivity index (χ2n) is 9.58. The molecule has 0 spiro atoms. The number of carbonyl (C=O) groups is 1. The van der Waals surface area contributed by atoms with Crippen LogP contribution >= 0.6 is 0 Å². The van der Waals surface area contributed by atoms with Gasteiger partial charge in [0, 0.05) is 6.42 Å². The molecule has 35 heavy (non-hydrogen) atoms. The molecule has 1 aliphatic heterocycles. The molecule has 0 amide bonds. The number of piperidine rings is 1. The minimum absolute atomic E-state index is 0.0994. The normalized spacial score (nSPS) is 15.3. The predicted octanol–water partition coefficient (Wildman–Crippen LogP) is 6.21. The molecule has 1 aliphatic rings. The summed E-state index contributed by atoms with van der Waals surface area (Å²) in [5.41, 5.74) is -0.478. The predicted molar refractivity (Wildman–Crippen MR) is 134 cm³/mol. The van der Waals surface area contributed by atoms with Crippen LogP contribution in [-0.2, 0) is 15.1 Å². The number of halogens is 2. The van der Waals surface area contributed by atoms with E-state index in [0.717, 1.165) is 71.0 Å². The summed E-state index contributed by atoms with van der Waals surface area (Å²) in [6.45, 7) is 5.02. The van der Waals surface area contributed by atoms with Gasteiger partial charge in [-0.25, -0.2) is 8.78 Å². The first kappa shape index (κ1) is 27.3. The molecule has 0 aliphatic carbocycles. The lowest BCUT2D eigenvalue weighted by Gasteiger charge is -2.42. The average molecular weight is 488 g/mol. The van der Waals surface area contributed by atoms with Crippen molar-refractivity contribution in [3.8, 4) is 0 Å². The van der Waals surface area contributed by atoms with E-state index in [0.29, 0.717) is 24.2 Å². The van der Waals surface area contributed by atoms with Gasteiger partial charge in [-0.05, 0) is 93.6 Å². The van der Waals surface area contributed by atoms with Gasteiger partial charge in [-0.1, -0.05) is 49.9 Å². The fourth-order valence-corrected chi connectivity index (χ4v) is 5.21. The van der Waals surface area contributed by atoms with Crippen molar-refractivity contribution in [1.82, 2.24) is 4.90 Å².